The van der Waals surface area contributed by atoms with Gasteiger partial charge >= 0.3 is 0 Å². The fourth-order valence-electron chi connectivity index (χ4n) is 3.77. The van der Waals surface area contributed by atoms with E-state index in [1.807, 2.05) is 12.1 Å². The highest BCUT2D eigenvalue weighted by Crippen LogP contribution is 2.43. The van der Waals surface area contributed by atoms with Gasteiger partial charge in [0.1, 0.15) is 5.82 Å². The molecule has 2 aliphatic rings. The summed E-state index contributed by atoms with van der Waals surface area (Å²) in [6.07, 6.45) is 8.90. The van der Waals surface area contributed by atoms with Crippen LogP contribution in [0.5, 0.6) is 0 Å². The molecule has 0 amide bonds. The first-order chi connectivity index (χ1) is 10.3. The Morgan fingerprint density at radius 2 is 1.90 bits per heavy atom. The topological polar surface area (TPSA) is 43.8 Å². The first kappa shape index (κ1) is 13.6. The van der Waals surface area contributed by atoms with Gasteiger partial charge in [-0.2, -0.15) is 0 Å². The maximum absolute atomic E-state index is 6.62. The highest BCUT2D eigenvalue weighted by atomic mass is 35.5. The predicted molar refractivity (Wildman–Crippen MR) is 86.5 cm³/mol. The van der Waals surface area contributed by atoms with E-state index in [0.29, 0.717) is 12.0 Å². The number of fused-ring (bicyclic) bond motifs is 1. The lowest BCUT2D eigenvalue weighted by Crippen LogP contribution is -2.26. The second-order valence-corrected chi connectivity index (χ2v) is 7.01. The Bertz CT molecular complexity index is 653. The van der Waals surface area contributed by atoms with Crippen LogP contribution in [-0.4, -0.2) is 9.55 Å². The van der Waals surface area contributed by atoms with Crippen molar-refractivity contribution in [3.63, 3.8) is 0 Å². The van der Waals surface area contributed by atoms with E-state index in [-0.39, 0.29) is 6.04 Å². The lowest BCUT2D eigenvalue weighted by molar-refractivity contribution is 0.296. The number of imidazole rings is 1. The summed E-state index contributed by atoms with van der Waals surface area (Å²) in [6.45, 7) is 0. The van der Waals surface area contributed by atoms with Gasteiger partial charge in [-0.15, -0.1) is 0 Å². The van der Waals surface area contributed by atoms with Gasteiger partial charge in [0.25, 0.3) is 0 Å². The van der Waals surface area contributed by atoms with E-state index in [1.54, 1.807) is 0 Å². The predicted octanol–water partition coefficient (Wildman–Crippen LogP) is 4.60. The van der Waals surface area contributed by atoms with Crippen LogP contribution in [-0.2, 0) is 0 Å². The molecule has 1 aromatic heterocycles. The molecule has 2 aromatic rings. The molecule has 0 aliphatic heterocycles. The monoisotopic (exact) mass is 303 g/mol. The zero-order valence-electron chi connectivity index (χ0n) is 12.3. The molecule has 2 N–H and O–H groups in total. The molecule has 1 heterocycles. The van der Waals surface area contributed by atoms with Gasteiger partial charge in [0.2, 0.25) is 0 Å². The Morgan fingerprint density at radius 3 is 2.62 bits per heavy atom. The molecule has 0 radical (unpaired) electrons. The highest BCUT2D eigenvalue weighted by molar-refractivity contribution is 6.35. The number of aromatic nitrogens is 2. The largest absolute Gasteiger partial charge is 0.322 e. The molecule has 1 atom stereocenters. The first-order valence-corrected chi connectivity index (χ1v) is 8.55. The molecule has 2 aliphatic carbocycles. The minimum Gasteiger partial charge on any atom is -0.322 e. The molecule has 4 rings (SSSR count). The quantitative estimate of drug-likeness (QED) is 0.900. The molecule has 1 unspecified atom stereocenters. The third kappa shape index (κ3) is 2.36. The van der Waals surface area contributed by atoms with Crippen LogP contribution in [0.4, 0.5) is 0 Å². The van der Waals surface area contributed by atoms with Crippen LogP contribution in [0.2, 0.25) is 5.02 Å². The van der Waals surface area contributed by atoms with E-state index in [4.69, 9.17) is 22.3 Å². The smallest absolute Gasteiger partial charge is 0.127 e. The number of hydrogen-bond donors (Lipinski definition) is 1. The number of hydrogen-bond acceptors (Lipinski definition) is 2. The maximum atomic E-state index is 6.62. The van der Waals surface area contributed by atoms with Gasteiger partial charge in [0.15, 0.2) is 0 Å². The molecule has 1 aromatic carbocycles. The summed E-state index contributed by atoms with van der Waals surface area (Å²) >= 11 is 6.44. The van der Waals surface area contributed by atoms with E-state index in [9.17, 15) is 0 Å². The van der Waals surface area contributed by atoms with Gasteiger partial charge in [-0.05, 0) is 43.7 Å². The Labute approximate surface area is 130 Å². The maximum Gasteiger partial charge on any atom is 0.127 e. The van der Waals surface area contributed by atoms with Gasteiger partial charge in [0, 0.05) is 6.04 Å². The lowest BCUT2D eigenvalue weighted by atomic mass is 9.84. The highest BCUT2D eigenvalue weighted by Gasteiger charge is 2.33. The second kappa shape index (κ2) is 5.29. The zero-order chi connectivity index (χ0) is 14.4. The van der Waals surface area contributed by atoms with Crippen LogP contribution in [0.1, 0.15) is 62.9 Å². The molecule has 3 nitrogen and oxygen atoms in total. The third-order valence-corrected chi connectivity index (χ3v) is 5.36. The van der Waals surface area contributed by atoms with Crippen molar-refractivity contribution >= 4 is 22.6 Å². The SMILES string of the molecule is NC(c1nc2cccc(Cl)c2n1C1CC1)C1CCCCC1. The Hall–Kier alpha value is -1.06. The van der Waals surface area contributed by atoms with Gasteiger partial charge in [0.05, 0.1) is 22.1 Å². The molecule has 0 bridgehead atoms. The van der Waals surface area contributed by atoms with Crippen molar-refractivity contribution in [1.29, 1.82) is 0 Å². The van der Waals surface area contributed by atoms with E-state index < -0.39 is 0 Å². The molecular formula is C17H22ClN3. The van der Waals surface area contributed by atoms with Crippen molar-refractivity contribution in [2.24, 2.45) is 11.7 Å². The molecule has 21 heavy (non-hydrogen) atoms. The first-order valence-electron chi connectivity index (χ1n) is 8.17. The fraction of sp³-hybridized carbons (Fsp3) is 0.588. The summed E-state index contributed by atoms with van der Waals surface area (Å²) in [5, 5.41) is 0.800. The van der Waals surface area contributed by atoms with E-state index >= 15 is 0 Å². The summed E-state index contributed by atoms with van der Waals surface area (Å²) in [4.78, 5) is 4.86. The molecule has 2 saturated carbocycles. The molecule has 0 spiro atoms. The van der Waals surface area contributed by atoms with Gasteiger partial charge in [-0.3, -0.25) is 0 Å². The molecule has 0 saturated heterocycles. The summed E-state index contributed by atoms with van der Waals surface area (Å²) in [7, 11) is 0. The Balaban J connectivity index is 1.80. The normalized spacial score (nSPS) is 21.8. The molecule has 112 valence electrons. The minimum atomic E-state index is 0.0503. The van der Waals surface area contributed by atoms with Crippen molar-refractivity contribution in [3.8, 4) is 0 Å². The lowest BCUT2D eigenvalue weighted by Gasteiger charge is -2.27. The van der Waals surface area contributed by atoms with E-state index in [1.165, 1.54) is 44.9 Å². The zero-order valence-corrected chi connectivity index (χ0v) is 13.0. The number of para-hydroxylation sites is 1. The van der Waals surface area contributed by atoms with Crippen molar-refractivity contribution in [1.82, 2.24) is 9.55 Å². The average molecular weight is 304 g/mol. The van der Waals surface area contributed by atoms with Crippen LogP contribution in [0, 0.1) is 5.92 Å². The van der Waals surface area contributed by atoms with E-state index in [0.717, 1.165) is 21.9 Å². The van der Waals surface area contributed by atoms with Crippen LogP contribution < -0.4 is 5.73 Å². The molecule has 4 heteroatoms. The second-order valence-electron chi connectivity index (χ2n) is 6.60. The number of benzene rings is 1. The number of nitrogens with two attached hydrogens (primary N) is 1. The summed E-state index contributed by atoms with van der Waals surface area (Å²) in [5.74, 6) is 1.64. The third-order valence-electron chi connectivity index (χ3n) is 5.06. The number of nitrogens with zero attached hydrogens (tertiary/aromatic N) is 2. The summed E-state index contributed by atoms with van der Waals surface area (Å²) in [5.41, 5.74) is 8.71. The number of halogens is 1. The summed E-state index contributed by atoms with van der Waals surface area (Å²) < 4.78 is 2.34. The van der Waals surface area contributed by atoms with Crippen molar-refractivity contribution in [2.45, 2.75) is 57.0 Å². The molecular weight excluding hydrogens is 282 g/mol. The van der Waals surface area contributed by atoms with Gasteiger partial charge in [-0.25, -0.2) is 4.98 Å². The summed E-state index contributed by atoms with van der Waals surface area (Å²) in [6, 6.07) is 6.59. The number of rotatable bonds is 3. The van der Waals surface area contributed by atoms with Crippen molar-refractivity contribution in [2.75, 3.05) is 0 Å². The van der Waals surface area contributed by atoms with Crippen molar-refractivity contribution in [3.05, 3.63) is 29.0 Å². The standard InChI is InChI=1S/C17H22ClN3/c18-13-7-4-8-14-16(13)21(12-9-10-12)17(20-14)15(19)11-5-2-1-3-6-11/h4,7-8,11-12,15H,1-3,5-6,9-10,19H2. The minimum absolute atomic E-state index is 0.0503. The Kier molecular flexibility index (Phi) is 3.43. The fourth-order valence-corrected chi connectivity index (χ4v) is 4.03. The van der Waals surface area contributed by atoms with E-state index in [2.05, 4.69) is 10.6 Å². The van der Waals surface area contributed by atoms with Crippen molar-refractivity contribution < 1.29 is 0 Å². The Morgan fingerprint density at radius 1 is 1.14 bits per heavy atom. The molecule has 2 fully saturated rings. The van der Waals surface area contributed by atoms with Crippen LogP contribution >= 0.6 is 11.6 Å². The van der Waals surface area contributed by atoms with Gasteiger partial charge in [-0.1, -0.05) is 36.9 Å². The average Bonchev–Trinajstić information content (AvgIpc) is 3.28. The van der Waals surface area contributed by atoms with Crippen LogP contribution in [0.15, 0.2) is 18.2 Å². The van der Waals surface area contributed by atoms with Crippen LogP contribution in [0.25, 0.3) is 11.0 Å². The van der Waals surface area contributed by atoms with Crippen LogP contribution in [0.3, 0.4) is 0 Å². The van der Waals surface area contributed by atoms with Gasteiger partial charge < -0.3 is 10.3 Å².